The number of ether oxygens (including phenoxy) is 1. The quantitative estimate of drug-likeness (QED) is 0.823. The van der Waals surface area contributed by atoms with Crippen molar-refractivity contribution in [3.63, 3.8) is 0 Å². The molecule has 0 saturated carbocycles. The molecule has 0 aliphatic heterocycles. The predicted octanol–water partition coefficient (Wildman–Crippen LogP) is 3.38. The number of halogens is 1. The molecule has 4 heteroatoms. The standard InChI is InChI=1S/C14H19ClN2O/c1-3-11(8-16)9-17-10-12-5-6-14(18-4-2)13(15)7-12/h5-7,11,17H,3-4,9-10H2,1-2H3. The minimum atomic E-state index is 0.0724. The van der Waals surface area contributed by atoms with Crippen molar-refractivity contribution in [2.75, 3.05) is 13.2 Å². The number of nitrogens with one attached hydrogen (secondary N) is 1. The first-order valence-electron chi connectivity index (χ1n) is 6.22. The van der Waals surface area contributed by atoms with Crippen molar-refractivity contribution in [3.05, 3.63) is 28.8 Å². The highest BCUT2D eigenvalue weighted by molar-refractivity contribution is 6.32. The average Bonchev–Trinajstić information content (AvgIpc) is 2.38. The molecule has 1 unspecified atom stereocenters. The van der Waals surface area contributed by atoms with Gasteiger partial charge in [-0.1, -0.05) is 24.6 Å². The number of nitriles is 1. The lowest BCUT2D eigenvalue weighted by molar-refractivity contribution is 0.340. The van der Waals surface area contributed by atoms with Gasteiger partial charge in [0.2, 0.25) is 0 Å². The normalized spacial score (nSPS) is 11.9. The minimum absolute atomic E-state index is 0.0724. The molecule has 0 bridgehead atoms. The van der Waals surface area contributed by atoms with E-state index in [-0.39, 0.29) is 5.92 Å². The molecule has 98 valence electrons. The Morgan fingerprint density at radius 2 is 2.22 bits per heavy atom. The Bertz CT molecular complexity index is 415. The maximum Gasteiger partial charge on any atom is 0.137 e. The Balaban J connectivity index is 2.49. The second kappa shape index (κ2) is 7.97. The Kier molecular flexibility index (Phi) is 6.56. The smallest absolute Gasteiger partial charge is 0.137 e. The third-order valence-corrected chi connectivity index (χ3v) is 2.99. The minimum Gasteiger partial charge on any atom is -0.492 e. The van der Waals surface area contributed by atoms with Gasteiger partial charge in [-0.15, -0.1) is 0 Å². The molecule has 0 fully saturated rings. The summed E-state index contributed by atoms with van der Waals surface area (Å²) in [6.07, 6.45) is 0.869. The molecule has 0 amide bonds. The van der Waals surface area contributed by atoms with Crippen LogP contribution in [0.3, 0.4) is 0 Å². The number of hydrogen-bond donors (Lipinski definition) is 1. The van der Waals surface area contributed by atoms with Gasteiger partial charge in [0, 0.05) is 13.1 Å². The van der Waals surface area contributed by atoms with Gasteiger partial charge >= 0.3 is 0 Å². The van der Waals surface area contributed by atoms with Crippen molar-refractivity contribution >= 4 is 11.6 Å². The van der Waals surface area contributed by atoms with E-state index in [1.807, 2.05) is 32.0 Å². The van der Waals surface area contributed by atoms with Gasteiger partial charge in [-0.25, -0.2) is 0 Å². The van der Waals surface area contributed by atoms with Gasteiger partial charge in [0.05, 0.1) is 23.6 Å². The van der Waals surface area contributed by atoms with E-state index in [0.717, 1.165) is 12.0 Å². The van der Waals surface area contributed by atoms with Gasteiger partial charge in [0.1, 0.15) is 5.75 Å². The van der Waals surface area contributed by atoms with Gasteiger partial charge in [-0.05, 0) is 31.0 Å². The van der Waals surface area contributed by atoms with E-state index in [4.69, 9.17) is 21.6 Å². The first-order valence-corrected chi connectivity index (χ1v) is 6.60. The van der Waals surface area contributed by atoms with Crippen LogP contribution in [0.2, 0.25) is 5.02 Å². The van der Waals surface area contributed by atoms with E-state index in [2.05, 4.69) is 11.4 Å². The predicted molar refractivity (Wildman–Crippen MR) is 73.7 cm³/mol. The molecular formula is C14H19ClN2O. The SMILES string of the molecule is CCOc1ccc(CNCC(C#N)CC)cc1Cl. The molecule has 0 aliphatic carbocycles. The molecule has 0 heterocycles. The summed E-state index contributed by atoms with van der Waals surface area (Å²) in [4.78, 5) is 0. The van der Waals surface area contributed by atoms with E-state index in [1.165, 1.54) is 0 Å². The summed E-state index contributed by atoms with van der Waals surface area (Å²) < 4.78 is 5.37. The fraction of sp³-hybridized carbons (Fsp3) is 0.500. The first-order chi connectivity index (χ1) is 8.71. The van der Waals surface area contributed by atoms with Crippen LogP contribution < -0.4 is 10.1 Å². The molecule has 1 atom stereocenters. The van der Waals surface area contributed by atoms with Gasteiger partial charge in [-0.3, -0.25) is 0 Å². The second-order valence-electron chi connectivity index (χ2n) is 4.06. The lowest BCUT2D eigenvalue weighted by Crippen LogP contribution is -2.21. The summed E-state index contributed by atoms with van der Waals surface area (Å²) in [5.41, 5.74) is 1.09. The van der Waals surface area contributed by atoms with E-state index in [1.54, 1.807) is 0 Å². The average molecular weight is 267 g/mol. The molecular weight excluding hydrogens is 248 g/mol. The molecule has 0 aromatic heterocycles. The molecule has 1 N–H and O–H groups in total. The summed E-state index contributed by atoms with van der Waals surface area (Å²) in [6, 6.07) is 8.03. The molecule has 1 aromatic rings. The van der Waals surface area contributed by atoms with Crippen molar-refractivity contribution in [3.8, 4) is 11.8 Å². The maximum atomic E-state index is 8.84. The Morgan fingerprint density at radius 1 is 1.44 bits per heavy atom. The van der Waals surface area contributed by atoms with Gasteiger partial charge < -0.3 is 10.1 Å². The summed E-state index contributed by atoms with van der Waals surface area (Å²) in [5.74, 6) is 0.787. The number of rotatable bonds is 7. The zero-order valence-corrected chi connectivity index (χ0v) is 11.6. The van der Waals surface area contributed by atoms with Crippen LogP contribution in [-0.4, -0.2) is 13.2 Å². The Hall–Kier alpha value is -1.24. The lowest BCUT2D eigenvalue weighted by Gasteiger charge is -2.10. The van der Waals surface area contributed by atoms with Crippen LogP contribution in [0.15, 0.2) is 18.2 Å². The first kappa shape index (κ1) is 14.8. The fourth-order valence-corrected chi connectivity index (χ4v) is 1.86. The molecule has 0 saturated heterocycles. The summed E-state index contributed by atoms with van der Waals surface area (Å²) in [5, 5.41) is 12.7. The van der Waals surface area contributed by atoms with Gasteiger partial charge in [0.15, 0.2) is 0 Å². The molecule has 1 aromatic carbocycles. The molecule has 1 rings (SSSR count). The lowest BCUT2D eigenvalue weighted by atomic mass is 10.1. The number of hydrogen-bond acceptors (Lipinski definition) is 3. The highest BCUT2D eigenvalue weighted by atomic mass is 35.5. The summed E-state index contributed by atoms with van der Waals surface area (Å²) in [6.45, 7) is 5.97. The van der Waals surface area contributed by atoms with Crippen LogP contribution in [0.1, 0.15) is 25.8 Å². The van der Waals surface area contributed by atoms with E-state index in [0.29, 0.717) is 30.5 Å². The third-order valence-electron chi connectivity index (χ3n) is 2.69. The molecule has 18 heavy (non-hydrogen) atoms. The maximum absolute atomic E-state index is 8.84. The zero-order chi connectivity index (χ0) is 13.4. The molecule has 0 radical (unpaired) electrons. The summed E-state index contributed by atoms with van der Waals surface area (Å²) in [7, 11) is 0. The van der Waals surface area contributed by atoms with E-state index < -0.39 is 0 Å². The number of nitrogens with zero attached hydrogens (tertiary/aromatic N) is 1. The van der Waals surface area contributed by atoms with Crippen LogP contribution in [0, 0.1) is 17.2 Å². The van der Waals surface area contributed by atoms with Crippen molar-refractivity contribution < 1.29 is 4.74 Å². The van der Waals surface area contributed by atoms with Crippen molar-refractivity contribution in [2.45, 2.75) is 26.8 Å². The molecule has 0 aliphatic rings. The monoisotopic (exact) mass is 266 g/mol. The summed E-state index contributed by atoms with van der Waals surface area (Å²) >= 11 is 6.10. The van der Waals surface area contributed by atoms with Crippen LogP contribution in [0.25, 0.3) is 0 Å². The van der Waals surface area contributed by atoms with Gasteiger partial charge in [-0.2, -0.15) is 5.26 Å². The van der Waals surface area contributed by atoms with Crippen LogP contribution in [0.4, 0.5) is 0 Å². The third kappa shape index (κ3) is 4.56. The molecule has 0 spiro atoms. The van der Waals surface area contributed by atoms with Crippen molar-refractivity contribution in [1.82, 2.24) is 5.32 Å². The highest BCUT2D eigenvalue weighted by Crippen LogP contribution is 2.25. The van der Waals surface area contributed by atoms with E-state index in [9.17, 15) is 0 Å². The topological polar surface area (TPSA) is 45.0 Å². The van der Waals surface area contributed by atoms with Crippen LogP contribution in [-0.2, 0) is 6.54 Å². The number of benzene rings is 1. The Labute approximate surface area is 114 Å². The second-order valence-corrected chi connectivity index (χ2v) is 4.47. The van der Waals surface area contributed by atoms with Crippen molar-refractivity contribution in [2.24, 2.45) is 5.92 Å². The van der Waals surface area contributed by atoms with Gasteiger partial charge in [0.25, 0.3) is 0 Å². The van der Waals surface area contributed by atoms with Crippen LogP contribution >= 0.6 is 11.6 Å². The van der Waals surface area contributed by atoms with E-state index >= 15 is 0 Å². The van der Waals surface area contributed by atoms with Crippen LogP contribution in [0.5, 0.6) is 5.75 Å². The Morgan fingerprint density at radius 3 is 2.78 bits per heavy atom. The highest BCUT2D eigenvalue weighted by Gasteiger charge is 2.05. The molecule has 3 nitrogen and oxygen atoms in total. The largest absolute Gasteiger partial charge is 0.492 e. The fourth-order valence-electron chi connectivity index (χ4n) is 1.60. The van der Waals surface area contributed by atoms with Crippen molar-refractivity contribution in [1.29, 1.82) is 5.26 Å². The zero-order valence-electron chi connectivity index (χ0n) is 10.9.